The molecule has 6 heteroatoms. The zero-order chi connectivity index (χ0) is 13.1. The molecule has 96 valence electrons. The van der Waals surface area contributed by atoms with Gasteiger partial charge >= 0.3 is 0 Å². The molecule has 1 atom stereocenters. The van der Waals surface area contributed by atoms with Gasteiger partial charge in [0.15, 0.2) is 0 Å². The summed E-state index contributed by atoms with van der Waals surface area (Å²) in [5.74, 6) is 1.45. The molecule has 0 fully saturated rings. The fourth-order valence-electron chi connectivity index (χ4n) is 1.55. The van der Waals surface area contributed by atoms with Gasteiger partial charge in [-0.3, -0.25) is 0 Å². The van der Waals surface area contributed by atoms with Crippen molar-refractivity contribution in [1.82, 2.24) is 9.97 Å². The molecule has 0 bridgehead atoms. The summed E-state index contributed by atoms with van der Waals surface area (Å²) >= 11 is 7.52. The molecule has 4 nitrogen and oxygen atoms in total. The van der Waals surface area contributed by atoms with Crippen LogP contribution in [0.15, 0.2) is 18.3 Å². The highest BCUT2D eigenvalue weighted by Crippen LogP contribution is 2.29. The summed E-state index contributed by atoms with van der Waals surface area (Å²) in [5, 5.41) is 6.31. The first-order valence-corrected chi connectivity index (χ1v) is 6.82. The molecule has 0 aromatic carbocycles. The minimum atomic E-state index is 0.167. The lowest BCUT2D eigenvalue weighted by Crippen LogP contribution is -2.09. The van der Waals surface area contributed by atoms with Crippen LogP contribution in [-0.4, -0.2) is 17.0 Å². The van der Waals surface area contributed by atoms with E-state index in [1.807, 2.05) is 19.1 Å². The molecule has 0 amide bonds. The number of halogens is 1. The van der Waals surface area contributed by atoms with Crippen molar-refractivity contribution in [3.8, 4) is 0 Å². The van der Waals surface area contributed by atoms with Gasteiger partial charge < -0.3 is 10.6 Å². The Morgan fingerprint density at radius 3 is 2.78 bits per heavy atom. The standard InChI is InChI=1S/C12H15ClN4S/c1-7-6-15-12(14-3)17-11(7)16-8(2)9-4-5-10(13)18-9/h4-6,8H,1-3H3,(H2,14,15,16,17). The summed E-state index contributed by atoms with van der Waals surface area (Å²) in [6.07, 6.45) is 1.80. The van der Waals surface area contributed by atoms with E-state index in [9.17, 15) is 0 Å². The molecule has 2 heterocycles. The number of rotatable bonds is 4. The monoisotopic (exact) mass is 282 g/mol. The first kappa shape index (κ1) is 13.1. The summed E-state index contributed by atoms with van der Waals surface area (Å²) < 4.78 is 0.800. The smallest absolute Gasteiger partial charge is 0.224 e. The Hall–Kier alpha value is -1.33. The lowest BCUT2D eigenvalue weighted by atomic mass is 10.2. The Morgan fingerprint density at radius 2 is 2.17 bits per heavy atom. The van der Waals surface area contributed by atoms with Crippen LogP contribution in [0.5, 0.6) is 0 Å². The molecule has 0 radical (unpaired) electrons. The average Bonchev–Trinajstić information content (AvgIpc) is 2.79. The van der Waals surface area contributed by atoms with Crippen molar-refractivity contribution in [2.45, 2.75) is 19.9 Å². The van der Waals surface area contributed by atoms with E-state index in [0.717, 1.165) is 15.7 Å². The number of aromatic nitrogens is 2. The van der Waals surface area contributed by atoms with Crippen molar-refractivity contribution in [2.24, 2.45) is 0 Å². The van der Waals surface area contributed by atoms with E-state index in [0.29, 0.717) is 5.95 Å². The van der Waals surface area contributed by atoms with Gasteiger partial charge in [-0.25, -0.2) is 4.98 Å². The van der Waals surface area contributed by atoms with Gasteiger partial charge in [-0.05, 0) is 26.0 Å². The van der Waals surface area contributed by atoms with Gasteiger partial charge in [0.25, 0.3) is 0 Å². The maximum Gasteiger partial charge on any atom is 0.224 e. The topological polar surface area (TPSA) is 49.8 Å². The maximum atomic E-state index is 5.94. The van der Waals surface area contributed by atoms with Crippen LogP contribution >= 0.6 is 22.9 Å². The molecule has 1 unspecified atom stereocenters. The minimum absolute atomic E-state index is 0.167. The molecular weight excluding hydrogens is 268 g/mol. The highest BCUT2D eigenvalue weighted by molar-refractivity contribution is 7.16. The quantitative estimate of drug-likeness (QED) is 0.897. The fraction of sp³-hybridized carbons (Fsp3) is 0.333. The lowest BCUT2D eigenvalue weighted by molar-refractivity contribution is 0.889. The third kappa shape index (κ3) is 2.91. The van der Waals surface area contributed by atoms with E-state index in [2.05, 4.69) is 27.5 Å². The van der Waals surface area contributed by atoms with Crippen LogP contribution in [0.2, 0.25) is 4.34 Å². The van der Waals surface area contributed by atoms with E-state index in [1.54, 1.807) is 24.6 Å². The van der Waals surface area contributed by atoms with Crippen LogP contribution in [0.3, 0.4) is 0 Å². The lowest BCUT2D eigenvalue weighted by Gasteiger charge is -2.15. The van der Waals surface area contributed by atoms with Crippen molar-refractivity contribution < 1.29 is 0 Å². The summed E-state index contributed by atoms with van der Waals surface area (Å²) in [4.78, 5) is 9.75. The third-order valence-corrected chi connectivity index (χ3v) is 3.98. The van der Waals surface area contributed by atoms with E-state index in [1.165, 1.54) is 4.88 Å². The van der Waals surface area contributed by atoms with Crippen LogP contribution in [0.1, 0.15) is 23.4 Å². The third-order valence-electron chi connectivity index (χ3n) is 2.57. The van der Waals surface area contributed by atoms with Gasteiger partial charge in [-0.15, -0.1) is 11.3 Å². The van der Waals surface area contributed by atoms with Crippen molar-refractivity contribution in [3.63, 3.8) is 0 Å². The number of nitrogens with zero attached hydrogens (tertiary/aromatic N) is 2. The molecular formula is C12H15ClN4S. The minimum Gasteiger partial charge on any atom is -0.362 e. The van der Waals surface area contributed by atoms with Crippen molar-refractivity contribution in [2.75, 3.05) is 17.7 Å². The number of aryl methyl sites for hydroxylation is 1. The summed E-state index contributed by atoms with van der Waals surface area (Å²) in [6.45, 7) is 4.07. The Balaban J connectivity index is 2.18. The summed E-state index contributed by atoms with van der Waals surface area (Å²) in [7, 11) is 1.80. The fourth-order valence-corrected chi connectivity index (χ4v) is 2.61. The molecule has 2 rings (SSSR count). The normalized spacial score (nSPS) is 12.2. The van der Waals surface area contributed by atoms with Gasteiger partial charge in [0.05, 0.1) is 10.4 Å². The van der Waals surface area contributed by atoms with Gasteiger partial charge in [0, 0.05) is 23.7 Å². The van der Waals surface area contributed by atoms with E-state index < -0.39 is 0 Å². The Labute approximate surface area is 115 Å². The van der Waals surface area contributed by atoms with E-state index >= 15 is 0 Å². The predicted octanol–water partition coefficient (Wildman–Crippen LogP) is 3.71. The highest BCUT2D eigenvalue weighted by Gasteiger charge is 2.11. The second-order valence-electron chi connectivity index (χ2n) is 3.98. The van der Waals surface area contributed by atoms with Gasteiger partial charge in [-0.2, -0.15) is 4.98 Å². The zero-order valence-electron chi connectivity index (χ0n) is 10.5. The molecule has 0 aliphatic carbocycles. The molecule has 2 aromatic rings. The first-order valence-electron chi connectivity index (χ1n) is 5.63. The number of thiophene rings is 1. The van der Waals surface area contributed by atoms with E-state index in [-0.39, 0.29) is 6.04 Å². The van der Waals surface area contributed by atoms with Crippen molar-refractivity contribution in [1.29, 1.82) is 0 Å². The maximum absolute atomic E-state index is 5.94. The first-order chi connectivity index (χ1) is 8.60. The highest BCUT2D eigenvalue weighted by atomic mass is 35.5. The Morgan fingerprint density at radius 1 is 1.39 bits per heavy atom. The van der Waals surface area contributed by atoms with Crippen molar-refractivity contribution >= 4 is 34.7 Å². The second kappa shape index (κ2) is 5.54. The largest absolute Gasteiger partial charge is 0.362 e. The second-order valence-corrected chi connectivity index (χ2v) is 5.73. The number of nitrogens with one attached hydrogen (secondary N) is 2. The van der Waals surface area contributed by atoms with Crippen LogP contribution in [0.4, 0.5) is 11.8 Å². The van der Waals surface area contributed by atoms with Gasteiger partial charge in [-0.1, -0.05) is 11.6 Å². The molecule has 0 aliphatic heterocycles. The molecule has 0 saturated heterocycles. The molecule has 0 aliphatic rings. The van der Waals surface area contributed by atoms with Gasteiger partial charge in [0.2, 0.25) is 5.95 Å². The Bertz CT molecular complexity index is 541. The van der Waals surface area contributed by atoms with Crippen molar-refractivity contribution in [3.05, 3.63) is 33.1 Å². The number of anilines is 2. The molecule has 0 saturated carbocycles. The van der Waals surface area contributed by atoms with Crippen LogP contribution < -0.4 is 10.6 Å². The molecule has 0 spiro atoms. The molecule has 2 N–H and O–H groups in total. The van der Waals surface area contributed by atoms with Crippen LogP contribution in [-0.2, 0) is 0 Å². The average molecular weight is 283 g/mol. The number of hydrogen-bond acceptors (Lipinski definition) is 5. The van der Waals surface area contributed by atoms with Crippen LogP contribution in [0.25, 0.3) is 0 Å². The summed E-state index contributed by atoms with van der Waals surface area (Å²) in [6, 6.07) is 4.10. The zero-order valence-corrected chi connectivity index (χ0v) is 12.1. The predicted molar refractivity (Wildman–Crippen MR) is 77.7 cm³/mol. The molecule has 2 aromatic heterocycles. The molecule has 18 heavy (non-hydrogen) atoms. The van der Waals surface area contributed by atoms with Gasteiger partial charge in [0.1, 0.15) is 5.82 Å². The van der Waals surface area contributed by atoms with Crippen LogP contribution in [0, 0.1) is 6.92 Å². The van der Waals surface area contributed by atoms with E-state index in [4.69, 9.17) is 11.6 Å². The SMILES string of the molecule is CNc1ncc(C)c(NC(C)c2ccc(Cl)s2)n1. The number of hydrogen-bond donors (Lipinski definition) is 2. The Kier molecular flexibility index (Phi) is 4.04. The summed E-state index contributed by atoms with van der Waals surface area (Å²) in [5.41, 5.74) is 1.02.